The summed E-state index contributed by atoms with van der Waals surface area (Å²) in [5.74, 6) is 5.47. The molecule has 2 aromatic carbocycles. The van der Waals surface area contributed by atoms with Crippen LogP contribution in [-0.2, 0) is 0 Å². The number of benzene rings is 2. The first-order valence-electron chi connectivity index (χ1n) is 11.5. The molecule has 4 fully saturated rings. The van der Waals surface area contributed by atoms with Gasteiger partial charge in [-0.25, -0.2) is 0 Å². The minimum absolute atomic E-state index is 0.129. The number of hydrogen-bond acceptors (Lipinski definition) is 4. The highest BCUT2D eigenvalue weighted by Crippen LogP contribution is 2.59. The SMILES string of the molecule is O=C(CSc1nnc(C2C3CC4CC(C3)CC2C4)n1-c1ccccc1)c1ccccc1. The Morgan fingerprint density at radius 3 is 2.10 bits per heavy atom. The van der Waals surface area contributed by atoms with Crippen LogP contribution in [-0.4, -0.2) is 26.3 Å². The fraction of sp³-hybridized carbons (Fsp3) is 0.423. The number of Topliss-reactive ketones (excluding diaryl/α,β-unsaturated/α-hetero) is 1. The predicted molar refractivity (Wildman–Crippen MR) is 123 cm³/mol. The normalized spacial score (nSPS) is 28.7. The molecule has 31 heavy (non-hydrogen) atoms. The molecule has 0 atom stereocenters. The molecular formula is C26H27N3OS. The van der Waals surface area contributed by atoms with Crippen LogP contribution in [0.5, 0.6) is 0 Å². The first-order valence-corrected chi connectivity index (χ1v) is 12.5. The summed E-state index contributed by atoms with van der Waals surface area (Å²) in [6.07, 6.45) is 6.87. The van der Waals surface area contributed by atoms with Crippen molar-refractivity contribution in [2.75, 3.05) is 5.75 Å². The third kappa shape index (κ3) is 3.53. The van der Waals surface area contributed by atoms with Crippen LogP contribution in [0.3, 0.4) is 0 Å². The summed E-state index contributed by atoms with van der Waals surface area (Å²) in [6, 6.07) is 20.0. The molecule has 0 unspecified atom stereocenters. The van der Waals surface area contributed by atoms with Gasteiger partial charge in [0.05, 0.1) is 5.75 Å². The number of aromatic nitrogens is 3. The lowest BCUT2D eigenvalue weighted by molar-refractivity contribution is -0.00632. The van der Waals surface area contributed by atoms with Crippen LogP contribution in [0.1, 0.15) is 54.2 Å². The predicted octanol–water partition coefficient (Wildman–Crippen LogP) is 5.78. The second-order valence-electron chi connectivity index (χ2n) is 9.55. The summed E-state index contributed by atoms with van der Waals surface area (Å²) in [4.78, 5) is 12.7. The van der Waals surface area contributed by atoms with Crippen molar-refractivity contribution < 1.29 is 4.79 Å². The van der Waals surface area contributed by atoms with Crippen LogP contribution in [0.4, 0.5) is 0 Å². The van der Waals surface area contributed by atoms with Gasteiger partial charge in [-0.1, -0.05) is 60.3 Å². The van der Waals surface area contributed by atoms with Gasteiger partial charge in [0.25, 0.3) is 0 Å². The summed E-state index contributed by atoms with van der Waals surface area (Å²) >= 11 is 1.51. The van der Waals surface area contributed by atoms with Crippen molar-refractivity contribution in [1.29, 1.82) is 0 Å². The van der Waals surface area contributed by atoms with Gasteiger partial charge < -0.3 is 0 Å². The number of hydrogen-bond donors (Lipinski definition) is 0. The number of rotatable bonds is 6. The van der Waals surface area contributed by atoms with Crippen LogP contribution in [0.2, 0.25) is 0 Å². The number of ketones is 1. The zero-order valence-electron chi connectivity index (χ0n) is 17.6. The van der Waals surface area contributed by atoms with Crippen LogP contribution in [0, 0.1) is 23.7 Å². The second kappa shape index (κ2) is 7.94. The van der Waals surface area contributed by atoms with Gasteiger partial charge in [-0.05, 0) is 67.9 Å². The number of carbonyl (C=O) groups is 1. The molecule has 4 saturated carbocycles. The Morgan fingerprint density at radius 1 is 0.839 bits per heavy atom. The Balaban J connectivity index is 1.33. The highest BCUT2D eigenvalue weighted by atomic mass is 32.2. The fourth-order valence-electron chi connectivity index (χ4n) is 6.59. The summed E-state index contributed by atoms with van der Waals surface area (Å²) < 4.78 is 2.25. The van der Waals surface area contributed by atoms with E-state index in [-0.39, 0.29) is 5.78 Å². The van der Waals surface area contributed by atoms with Gasteiger partial charge >= 0.3 is 0 Å². The Morgan fingerprint density at radius 2 is 1.45 bits per heavy atom. The van der Waals surface area contributed by atoms with Crippen molar-refractivity contribution in [1.82, 2.24) is 14.8 Å². The average molecular weight is 430 g/mol. The van der Waals surface area contributed by atoms with E-state index in [1.165, 1.54) is 43.9 Å². The largest absolute Gasteiger partial charge is 0.293 e. The average Bonchev–Trinajstić information content (AvgIpc) is 3.21. The number of thioether (sulfide) groups is 1. The Bertz CT molecular complexity index is 1050. The van der Waals surface area contributed by atoms with E-state index < -0.39 is 0 Å². The topological polar surface area (TPSA) is 47.8 Å². The molecule has 1 aromatic heterocycles. The Labute approximate surface area is 187 Å². The van der Waals surface area contributed by atoms with E-state index in [9.17, 15) is 4.79 Å². The van der Waals surface area contributed by atoms with Gasteiger partial charge in [0, 0.05) is 17.2 Å². The smallest absolute Gasteiger partial charge is 0.196 e. The minimum Gasteiger partial charge on any atom is -0.293 e. The standard InChI is InChI=1S/C26H27N3OS/c30-23(19-7-3-1-4-8-19)16-31-26-28-27-25(29(26)22-9-5-2-6-10-22)24-20-12-17-11-18(14-20)15-21(24)13-17/h1-10,17-18,20-21,24H,11-16H2. The van der Waals surface area contributed by atoms with Crippen molar-refractivity contribution in [2.24, 2.45) is 23.7 Å². The van der Waals surface area contributed by atoms with Crippen LogP contribution < -0.4 is 0 Å². The molecule has 0 N–H and O–H groups in total. The molecule has 4 aliphatic carbocycles. The van der Waals surface area contributed by atoms with E-state index in [1.807, 2.05) is 36.4 Å². The minimum atomic E-state index is 0.129. The summed E-state index contributed by atoms with van der Waals surface area (Å²) in [5, 5.41) is 10.2. The maximum absolute atomic E-state index is 12.7. The van der Waals surface area contributed by atoms with E-state index in [0.29, 0.717) is 11.7 Å². The third-order valence-corrected chi connectivity index (χ3v) is 8.55. The third-order valence-electron chi connectivity index (χ3n) is 7.63. The summed E-state index contributed by atoms with van der Waals surface area (Å²) in [6.45, 7) is 0. The van der Waals surface area contributed by atoms with Crippen LogP contribution >= 0.6 is 11.8 Å². The maximum Gasteiger partial charge on any atom is 0.196 e. The molecule has 1 heterocycles. The zero-order valence-corrected chi connectivity index (χ0v) is 18.4. The van der Waals surface area contributed by atoms with Gasteiger partial charge in [0.2, 0.25) is 0 Å². The van der Waals surface area contributed by atoms with E-state index in [2.05, 4.69) is 33.9 Å². The second-order valence-corrected chi connectivity index (χ2v) is 10.5. The molecule has 0 saturated heterocycles. The number of nitrogens with zero attached hydrogens (tertiary/aromatic N) is 3. The lowest BCUT2D eigenvalue weighted by atomic mass is 9.51. The monoisotopic (exact) mass is 429 g/mol. The van der Waals surface area contributed by atoms with Crippen molar-refractivity contribution in [3.05, 3.63) is 72.1 Å². The molecule has 0 amide bonds. The van der Waals surface area contributed by atoms with Crippen molar-refractivity contribution in [2.45, 2.75) is 43.2 Å². The molecular weight excluding hydrogens is 402 g/mol. The molecule has 7 rings (SSSR count). The first-order chi connectivity index (χ1) is 15.3. The lowest BCUT2D eigenvalue weighted by Gasteiger charge is -2.54. The zero-order chi connectivity index (χ0) is 20.8. The van der Waals surface area contributed by atoms with Gasteiger partial charge in [0.15, 0.2) is 10.9 Å². The Kier molecular flexibility index (Phi) is 4.94. The molecule has 0 spiro atoms. The molecule has 3 aromatic rings. The van der Waals surface area contributed by atoms with Crippen molar-refractivity contribution in [3.63, 3.8) is 0 Å². The molecule has 0 aliphatic heterocycles. The molecule has 4 bridgehead atoms. The van der Waals surface area contributed by atoms with E-state index in [0.717, 1.165) is 45.9 Å². The van der Waals surface area contributed by atoms with Gasteiger partial charge in [-0.15, -0.1) is 10.2 Å². The fourth-order valence-corrected chi connectivity index (χ4v) is 7.45. The maximum atomic E-state index is 12.7. The first kappa shape index (κ1) is 19.3. The number of para-hydroxylation sites is 1. The number of carbonyl (C=O) groups excluding carboxylic acids is 1. The Hall–Kier alpha value is -2.40. The van der Waals surface area contributed by atoms with E-state index in [4.69, 9.17) is 5.10 Å². The van der Waals surface area contributed by atoms with E-state index >= 15 is 0 Å². The molecule has 5 heteroatoms. The quantitative estimate of drug-likeness (QED) is 0.368. The highest BCUT2D eigenvalue weighted by Gasteiger charge is 2.50. The van der Waals surface area contributed by atoms with E-state index in [1.54, 1.807) is 0 Å². The molecule has 4 nitrogen and oxygen atoms in total. The van der Waals surface area contributed by atoms with Crippen LogP contribution in [0.15, 0.2) is 65.8 Å². The van der Waals surface area contributed by atoms with Gasteiger partial charge in [0.1, 0.15) is 5.82 Å². The molecule has 158 valence electrons. The van der Waals surface area contributed by atoms with Gasteiger partial charge in [-0.2, -0.15) is 0 Å². The van der Waals surface area contributed by atoms with Crippen molar-refractivity contribution >= 4 is 17.5 Å². The van der Waals surface area contributed by atoms with Crippen LogP contribution in [0.25, 0.3) is 5.69 Å². The highest BCUT2D eigenvalue weighted by molar-refractivity contribution is 7.99. The molecule has 0 radical (unpaired) electrons. The summed E-state index contributed by atoms with van der Waals surface area (Å²) in [7, 11) is 0. The lowest BCUT2D eigenvalue weighted by Crippen LogP contribution is -2.44. The van der Waals surface area contributed by atoms with Crippen molar-refractivity contribution in [3.8, 4) is 5.69 Å². The molecule has 4 aliphatic rings. The summed E-state index contributed by atoms with van der Waals surface area (Å²) in [5.41, 5.74) is 1.85. The van der Waals surface area contributed by atoms with Gasteiger partial charge in [-0.3, -0.25) is 9.36 Å².